The third-order valence-electron chi connectivity index (χ3n) is 4.59. The van der Waals surface area contributed by atoms with Crippen molar-refractivity contribution >= 4 is 17.5 Å². The Bertz CT molecular complexity index is 1020. The quantitative estimate of drug-likeness (QED) is 0.220. The predicted octanol–water partition coefficient (Wildman–Crippen LogP) is 5.13. The van der Waals surface area contributed by atoms with E-state index in [0.717, 1.165) is 25.7 Å². The second kappa shape index (κ2) is 9.52. The van der Waals surface area contributed by atoms with Gasteiger partial charge < -0.3 is 9.47 Å². The van der Waals surface area contributed by atoms with E-state index in [1.165, 1.54) is 42.5 Å². The summed E-state index contributed by atoms with van der Waals surface area (Å²) in [6, 6.07) is 8.91. The Morgan fingerprint density at radius 3 is 2.33 bits per heavy atom. The maximum absolute atomic E-state index is 12.2. The smallest absolute Gasteiger partial charge is 0.395 e. The molecule has 0 aromatic heterocycles. The first kappa shape index (κ1) is 20.8. The average Bonchev–Trinajstić information content (AvgIpc) is 2.68. The molecule has 154 valence electrons. The van der Waals surface area contributed by atoms with Gasteiger partial charge in [0.2, 0.25) is 0 Å². The normalized spacial score (nSPS) is 15.7. The third-order valence-corrected chi connectivity index (χ3v) is 4.59. The maximum Gasteiger partial charge on any atom is 0.519 e. The molecule has 0 fully saturated rings. The van der Waals surface area contributed by atoms with Crippen LogP contribution in [0.25, 0.3) is 0 Å². The largest absolute Gasteiger partial charge is 0.519 e. The van der Waals surface area contributed by atoms with Crippen LogP contribution in [-0.2, 0) is 0 Å². The zero-order valence-electron chi connectivity index (χ0n) is 15.9. The third kappa shape index (κ3) is 5.32. The lowest BCUT2D eigenvalue weighted by Gasteiger charge is -2.16. The zero-order valence-corrected chi connectivity index (χ0v) is 15.9. The first-order valence-electron chi connectivity index (χ1n) is 9.35. The van der Waals surface area contributed by atoms with E-state index in [4.69, 9.17) is 9.47 Å². The highest BCUT2D eigenvalue weighted by Gasteiger charge is 2.22. The van der Waals surface area contributed by atoms with Crippen LogP contribution in [0.4, 0.5) is 16.2 Å². The summed E-state index contributed by atoms with van der Waals surface area (Å²) in [6.45, 7) is 0. The molecule has 9 nitrogen and oxygen atoms in total. The fourth-order valence-corrected chi connectivity index (χ4v) is 3.10. The molecule has 1 atom stereocenters. The number of nitro groups is 2. The molecule has 0 amide bonds. The number of ether oxygens (including phenoxy) is 2. The van der Waals surface area contributed by atoms with Gasteiger partial charge in [0.25, 0.3) is 11.4 Å². The van der Waals surface area contributed by atoms with Gasteiger partial charge in [-0.25, -0.2) is 4.79 Å². The summed E-state index contributed by atoms with van der Waals surface area (Å²) in [7, 11) is 0. The molecule has 0 radical (unpaired) electrons. The first-order chi connectivity index (χ1) is 14.4. The predicted molar refractivity (Wildman–Crippen MR) is 106 cm³/mol. The van der Waals surface area contributed by atoms with Gasteiger partial charge in [-0.05, 0) is 31.0 Å². The number of non-ortho nitro benzene ring substituents is 2. The first-order valence-corrected chi connectivity index (χ1v) is 9.35. The van der Waals surface area contributed by atoms with Gasteiger partial charge in [0, 0.05) is 42.2 Å². The van der Waals surface area contributed by atoms with Crippen molar-refractivity contribution < 1.29 is 24.1 Å². The molecule has 1 aliphatic carbocycles. The van der Waals surface area contributed by atoms with Crippen LogP contribution in [0.3, 0.4) is 0 Å². The summed E-state index contributed by atoms with van der Waals surface area (Å²) in [5.41, 5.74) is 0.195. The Hall–Kier alpha value is -3.93. The summed E-state index contributed by atoms with van der Waals surface area (Å²) in [5, 5.41) is 21.9. The molecule has 9 heteroatoms. The molecule has 1 aliphatic rings. The van der Waals surface area contributed by atoms with Crippen molar-refractivity contribution in [3.8, 4) is 23.3 Å². The lowest BCUT2D eigenvalue weighted by molar-refractivity contribution is -0.385. The molecule has 0 N–H and O–H groups in total. The monoisotopic (exact) mass is 410 g/mol. The molecule has 0 heterocycles. The van der Waals surface area contributed by atoms with Crippen LogP contribution in [-0.4, -0.2) is 16.0 Å². The van der Waals surface area contributed by atoms with Crippen molar-refractivity contribution in [2.45, 2.75) is 38.0 Å². The Kier molecular flexibility index (Phi) is 6.60. The molecule has 0 bridgehead atoms. The van der Waals surface area contributed by atoms with Crippen LogP contribution in [0.5, 0.6) is 11.5 Å². The number of nitrogens with zero attached hydrogens (tertiary/aromatic N) is 2. The number of hydrogen-bond acceptors (Lipinski definition) is 7. The van der Waals surface area contributed by atoms with Crippen molar-refractivity contribution in [2.75, 3.05) is 0 Å². The summed E-state index contributed by atoms with van der Waals surface area (Å²) >= 11 is 0. The van der Waals surface area contributed by atoms with Crippen LogP contribution in [0.15, 0.2) is 42.5 Å². The fraction of sp³-hybridized carbons (Fsp3) is 0.286. The topological polar surface area (TPSA) is 122 Å². The van der Waals surface area contributed by atoms with Crippen molar-refractivity contribution in [3.63, 3.8) is 0 Å². The van der Waals surface area contributed by atoms with E-state index in [-0.39, 0.29) is 28.8 Å². The minimum Gasteiger partial charge on any atom is -0.395 e. The SMILES string of the molecule is O=C(Oc1ccc([N+](=O)[O-])cc1)Oc1ccc([N+](=O)[O-])cc1C1C#CCCCCC1. The van der Waals surface area contributed by atoms with Crippen molar-refractivity contribution in [2.24, 2.45) is 0 Å². The van der Waals surface area contributed by atoms with E-state index in [9.17, 15) is 25.0 Å². The minimum atomic E-state index is -1.06. The van der Waals surface area contributed by atoms with E-state index in [0.29, 0.717) is 12.0 Å². The van der Waals surface area contributed by atoms with Gasteiger partial charge in [0.15, 0.2) is 0 Å². The van der Waals surface area contributed by atoms with Gasteiger partial charge in [-0.2, -0.15) is 0 Å². The van der Waals surface area contributed by atoms with Crippen LogP contribution in [0.2, 0.25) is 0 Å². The Balaban J connectivity index is 1.82. The molecule has 3 rings (SSSR count). The molecule has 2 aromatic carbocycles. The number of carbonyl (C=O) groups is 1. The van der Waals surface area contributed by atoms with Gasteiger partial charge in [0.05, 0.1) is 9.85 Å². The van der Waals surface area contributed by atoms with Crippen LogP contribution in [0, 0.1) is 32.1 Å². The maximum atomic E-state index is 12.2. The molecule has 0 spiro atoms. The summed E-state index contributed by atoms with van der Waals surface area (Å²) in [5.74, 6) is 6.09. The van der Waals surface area contributed by atoms with Crippen molar-refractivity contribution in [1.29, 1.82) is 0 Å². The number of hydrogen-bond donors (Lipinski definition) is 0. The molecule has 0 aliphatic heterocycles. The zero-order chi connectivity index (χ0) is 21.5. The van der Waals surface area contributed by atoms with Crippen LogP contribution >= 0.6 is 0 Å². The van der Waals surface area contributed by atoms with Crippen molar-refractivity contribution in [3.05, 3.63) is 68.3 Å². The average molecular weight is 410 g/mol. The number of carbonyl (C=O) groups excluding carboxylic acids is 1. The Morgan fingerprint density at radius 2 is 1.63 bits per heavy atom. The van der Waals surface area contributed by atoms with Crippen LogP contribution in [0.1, 0.15) is 43.6 Å². The number of nitro benzene ring substituents is 2. The lowest BCUT2D eigenvalue weighted by atomic mass is 9.90. The highest BCUT2D eigenvalue weighted by atomic mass is 16.7. The van der Waals surface area contributed by atoms with Gasteiger partial charge in [-0.1, -0.05) is 18.8 Å². The van der Waals surface area contributed by atoms with Gasteiger partial charge in [-0.3, -0.25) is 20.2 Å². The second-order valence-electron chi connectivity index (χ2n) is 6.66. The molecular formula is C21H18N2O7. The van der Waals surface area contributed by atoms with Crippen LogP contribution < -0.4 is 9.47 Å². The fourth-order valence-electron chi connectivity index (χ4n) is 3.10. The Morgan fingerprint density at radius 1 is 0.933 bits per heavy atom. The van der Waals surface area contributed by atoms with Gasteiger partial charge in [-0.15, -0.1) is 5.92 Å². The molecule has 0 saturated carbocycles. The second-order valence-corrected chi connectivity index (χ2v) is 6.66. The minimum absolute atomic E-state index is 0.0693. The van der Waals surface area contributed by atoms with Gasteiger partial charge in [0.1, 0.15) is 11.5 Å². The molecule has 1 unspecified atom stereocenters. The molecule has 0 saturated heterocycles. The number of rotatable bonds is 5. The lowest BCUT2D eigenvalue weighted by Crippen LogP contribution is -2.15. The highest BCUT2D eigenvalue weighted by Crippen LogP contribution is 2.34. The van der Waals surface area contributed by atoms with Gasteiger partial charge >= 0.3 is 6.16 Å². The number of benzene rings is 2. The van der Waals surface area contributed by atoms with E-state index in [2.05, 4.69) is 11.8 Å². The Labute approximate surface area is 171 Å². The van der Waals surface area contributed by atoms with E-state index in [1.807, 2.05) is 0 Å². The molecule has 30 heavy (non-hydrogen) atoms. The highest BCUT2D eigenvalue weighted by molar-refractivity contribution is 5.68. The summed E-state index contributed by atoms with van der Waals surface area (Å²) < 4.78 is 10.4. The van der Waals surface area contributed by atoms with Crippen molar-refractivity contribution in [1.82, 2.24) is 0 Å². The summed E-state index contributed by atoms with van der Waals surface area (Å²) in [4.78, 5) is 33.0. The summed E-state index contributed by atoms with van der Waals surface area (Å²) in [6.07, 6.45) is 3.33. The molecular weight excluding hydrogens is 392 g/mol. The van der Waals surface area contributed by atoms with E-state index in [1.54, 1.807) is 0 Å². The van der Waals surface area contributed by atoms with E-state index >= 15 is 0 Å². The molecule has 2 aromatic rings. The standard InChI is InChI=1S/C21H18N2O7/c24-21(29-18-11-8-16(9-12-18)22(25)26)30-20-13-10-17(23(27)28)14-19(20)15-6-4-2-1-3-5-7-15/h8-15H,1-4,6H2. The van der Waals surface area contributed by atoms with E-state index < -0.39 is 16.0 Å².